The normalized spacial score (nSPS) is 23.1. The van der Waals surface area contributed by atoms with Crippen LogP contribution in [0.5, 0.6) is 0 Å². The van der Waals surface area contributed by atoms with Gasteiger partial charge in [-0.2, -0.15) is 0 Å². The molecule has 3 nitrogen and oxygen atoms in total. The fourth-order valence-corrected chi connectivity index (χ4v) is 3.77. The Morgan fingerprint density at radius 3 is 2.45 bits per heavy atom. The molecule has 0 bridgehead atoms. The maximum absolute atomic E-state index is 5.91. The number of aromatic nitrogens is 1. The van der Waals surface area contributed by atoms with Gasteiger partial charge in [-0.05, 0) is 66.4 Å². The molecule has 0 unspecified atom stereocenters. The molecule has 1 aromatic rings. The molecule has 0 atom stereocenters. The Morgan fingerprint density at radius 2 is 1.90 bits per heavy atom. The summed E-state index contributed by atoms with van der Waals surface area (Å²) >= 11 is 3.60. The Hall–Kier alpha value is -0.770. The van der Waals surface area contributed by atoms with Crippen LogP contribution in [0.15, 0.2) is 10.5 Å². The average Bonchev–Trinajstić information content (AvgIpc) is 2.42. The van der Waals surface area contributed by atoms with Crippen molar-refractivity contribution in [1.82, 2.24) is 4.98 Å². The first-order valence-electron chi connectivity index (χ1n) is 7.55. The van der Waals surface area contributed by atoms with E-state index in [1.54, 1.807) is 0 Å². The Bertz CT molecular complexity index is 465. The molecule has 0 aliphatic heterocycles. The predicted octanol–water partition coefficient (Wildman–Crippen LogP) is 4.39. The molecule has 0 saturated heterocycles. The molecule has 20 heavy (non-hydrogen) atoms. The van der Waals surface area contributed by atoms with Gasteiger partial charge in [0.25, 0.3) is 0 Å². The van der Waals surface area contributed by atoms with Crippen molar-refractivity contribution in [1.29, 1.82) is 0 Å². The summed E-state index contributed by atoms with van der Waals surface area (Å²) in [7, 11) is 2.16. The zero-order valence-corrected chi connectivity index (χ0v) is 14.6. The molecule has 4 heteroatoms. The highest BCUT2D eigenvalue weighted by molar-refractivity contribution is 9.10. The number of nitrogens with two attached hydrogens (primary N) is 1. The Kier molecular flexibility index (Phi) is 4.95. The number of halogens is 1. The number of nitrogen functional groups attached to an aromatic ring is 1. The summed E-state index contributed by atoms with van der Waals surface area (Å²) in [5.41, 5.74) is 7.56. The van der Waals surface area contributed by atoms with E-state index < -0.39 is 0 Å². The summed E-state index contributed by atoms with van der Waals surface area (Å²) < 4.78 is 0.995. The molecular weight excluding hydrogens is 314 g/mol. The largest absolute Gasteiger partial charge is 0.397 e. The second-order valence-corrected chi connectivity index (χ2v) is 7.25. The van der Waals surface area contributed by atoms with E-state index in [1.807, 2.05) is 13.0 Å². The van der Waals surface area contributed by atoms with Gasteiger partial charge in [-0.3, -0.25) is 0 Å². The van der Waals surface area contributed by atoms with E-state index >= 15 is 0 Å². The van der Waals surface area contributed by atoms with Crippen LogP contribution in [0.2, 0.25) is 0 Å². The molecule has 1 heterocycles. The zero-order valence-electron chi connectivity index (χ0n) is 13.0. The van der Waals surface area contributed by atoms with Crippen LogP contribution in [0.1, 0.15) is 45.2 Å². The van der Waals surface area contributed by atoms with E-state index in [2.05, 4.69) is 46.7 Å². The van der Waals surface area contributed by atoms with Crippen LogP contribution < -0.4 is 10.6 Å². The molecule has 0 spiro atoms. The van der Waals surface area contributed by atoms with Gasteiger partial charge in [0.2, 0.25) is 0 Å². The summed E-state index contributed by atoms with van der Waals surface area (Å²) in [6.07, 6.45) is 5.18. The molecular formula is C16H26BrN3. The van der Waals surface area contributed by atoms with Gasteiger partial charge in [0.1, 0.15) is 5.82 Å². The monoisotopic (exact) mass is 339 g/mol. The fraction of sp³-hybridized carbons (Fsp3) is 0.688. The molecule has 0 radical (unpaired) electrons. The van der Waals surface area contributed by atoms with Crippen LogP contribution >= 0.6 is 15.9 Å². The molecule has 2 rings (SSSR count). The van der Waals surface area contributed by atoms with Crippen molar-refractivity contribution in [3.05, 3.63) is 16.2 Å². The lowest BCUT2D eigenvalue weighted by molar-refractivity contribution is 0.256. The smallest absolute Gasteiger partial charge is 0.143 e. The van der Waals surface area contributed by atoms with E-state index in [1.165, 1.54) is 25.7 Å². The quantitative estimate of drug-likeness (QED) is 0.888. The number of aryl methyl sites for hydroxylation is 1. The third-order valence-electron chi connectivity index (χ3n) is 4.75. The molecule has 1 fully saturated rings. The Balaban J connectivity index is 2.09. The van der Waals surface area contributed by atoms with Crippen LogP contribution in [-0.2, 0) is 0 Å². The highest BCUT2D eigenvalue weighted by Crippen LogP contribution is 2.35. The minimum Gasteiger partial charge on any atom is -0.397 e. The molecule has 1 aliphatic carbocycles. The second kappa shape index (κ2) is 6.33. The molecule has 0 aromatic carbocycles. The van der Waals surface area contributed by atoms with Gasteiger partial charge in [-0.15, -0.1) is 0 Å². The van der Waals surface area contributed by atoms with E-state index in [-0.39, 0.29) is 0 Å². The van der Waals surface area contributed by atoms with Gasteiger partial charge in [-0.25, -0.2) is 4.98 Å². The number of hydrogen-bond donors (Lipinski definition) is 1. The van der Waals surface area contributed by atoms with Crippen LogP contribution in [0.3, 0.4) is 0 Å². The number of rotatable bonds is 3. The van der Waals surface area contributed by atoms with E-state index in [4.69, 9.17) is 5.73 Å². The lowest BCUT2D eigenvalue weighted by Gasteiger charge is -2.37. The minimum atomic E-state index is 0.594. The molecule has 2 N–H and O–H groups in total. The molecule has 1 aliphatic rings. The van der Waals surface area contributed by atoms with E-state index in [0.717, 1.165) is 33.5 Å². The van der Waals surface area contributed by atoms with Gasteiger partial charge < -0.3 is 10.6 Å². The summed E-state index contributed by atoms with van der Waals surface area (Å²) in [6.45, 7) is 6.65. The SMILES string of the molecule is Cc1nc(N(C)C2CCC(C(C)C)CC2)c(Br)cc1N. The maximum Gasteiger partial charge on any atom is 0.143 e. The maximum atomic E-state index is 5.91. The molecule has 1 saturated carbocycles. The summed E-state index contributed by atoms with van der Waals surface area (Å²) in [6, 6.07) is 2.56. The van der Waals surface area contributed by atoms with Crippen LogP contribution in [0.4, 0.5) is 11.5 Å². The predicted molar refractivity (Wildman–Crippen MR) is 90.1 cm³/mol. The Labute approximate surface area is 131 Å². The first-order valence-corrected chi connectivity index (χ1v) is 8.35. The van der Waals surface area contributed by atoms with Gasteiger partial charge >= 0.3 is 0 Å². The van der Waals surface area contributed by atoms with Crippen LogP contribution in [0, 0.1) is 18.8 Å². The van der Waals surface area contributed by atoms with Gasteiger partial charge in [0.15, 0.2) is 0 Å². The Morgan fingerprint density at radius 1 is 1.30 bits per heavy atom. The van der Waals surface area contributed by atoms with Gasteiger partial charge in [0.05, 0.1) is 15.9 Å². The van der Waals surface area contributed by atoms with Crippen molar-refractivity contribution in [3.63, 3.8) is 0 Å². The number of pyridine rings is 1. The summed E-state index contributed by atoms with van der Waals surface area (Å²) in [5.74, 6) is 2.72. The van der Waals surface area contributed by atoms with E-state index in [9.17, 15) is 0 Å². The zero-order chi connectivity index (χ0) is 14.9. The lowest BCUT2D eigenvalue weighted by Crippen LogP contribution is -2.36. The topological polar surface area (TPSA) is 42.2 Å². The second-order valence-electron chi connectivity index (χ2n) is 6.39. The van der Waals surface area contributed by atoms with Crippen molar-refractivity contribution < 1.29 is 0 Å². The van der Waals surface area contributed by atoms with Crippen LogP contribution in [0.25, 0.3) is 0 Å². The first kappa shape index (κ1) is 15.6. The molecule has 1 aromatic heterocycles. The standard InChI is InChI=1S/C16H26BrN3/c1-10(2)12-5-7-13(8-6-12)20(4)16-14(17)9-15(18)11(3)19-16/h9-10,12-13H,5-8,18H2,1-4H3. The summed E-state index contributed by atoms with van der Waals surface area (Å²) in [5, 5.41) is 0. The number of nitrogens with zero attached hydrogens (tertiary/aromatic N) is 2. The van der Waals surface area contributed by atoms with Gasteiger partial charge in [-0.1, -0.05) is 13.8 Å². The van der Waals surface area contributed by atoms with Crippen molar-refractivity contribution >= 4 is 27.4 Å². The number of anilines is 2. The van der Waals surface area contributed by atoms with Crippen molar-refractivity contribution in [2.45, 2.75) is 52.5 Å². The van der Waals surface area contributed by atoms with E-state index in [0.29, 0.717) is 6.04 Å². The highest BCUT2D eigenvalue weighted by atomic mass is 79.9. The summed E-state index contributed by atoms with van der Waals surface area (Å²) in [4.78, 5) is 6.98. The van der Waals surface area contributed by atoms with Crippen LogP contribution in [-0.4, -0.2) is 18.1 Å². The number of hydrogen-bond acceptors (Lipinski definition) is 3. The lowest BCUT2D eigenvalue weighted by atomic mass is 9.79. The fourth-order valence-electron chi connectivity index (χ4n) is 3.16. The van der Waals surface area contributed by atoms with Crippen molar-refractivity contribution in [3.8, 4) is 0 Å². The minimum absolute atomic E-state index is 0.594. The first-order chi connectivity index (χ1) is 9.40. The highest BCUT2D eigenvalue weighted by Gasteiger charge is 2.27. The van der Waals surface area contributed by atoms with Crippen molar-refractivity contribution in [2.75, 3.05) is 17.7 Å². The van der Waals surface area contributed by atoms with Gasteiger partial charge in [0, 0.05) is 13.1 Å². The third-order valence-corrected chi connectivity index (χ3v) is 5.34. The van der Waals surface area contributed by atoms with Crippen molar-refractivity contribution in [2.24, 2.45) is 11.8 Å². The average molecular weight is 340 g/mol. The molecule has 112 valence electrons. The third kappa shape index (κ3) is 3.27. The molecule has 0 amide bonds.